The van der Waals surface area contributed by atoms with E-state index >= 15 is 0 Å². The minimum atomic E-state index is 0.627. The van der Waals surface area contributed by atoms with Crippen molar-refractivity contribution in [3.63, 3.8) is 0 Å². The molecule has 0 spiro atoms. The summed E-state index contributed by atoms with van der Waals surface area (Å²) in [5.74, 6) is 3.07. The Labute approximate surface area is 120 Å². The summed E-state index contributed by atoms with van der Waals surface area (Å²) in [4.78, 5) is 9.01. The predicted molar refractivity (Wildman–Crippen MR) is 81.4 cm³/mol. The Kier molecular flexibility index (Phi) is 4.93. The van der Waals surface area contributed by atoms with Crippen LogP contribution in [0.4, 0.5) is 5.82 Å². The van der Waals surface area contributed by atoms with Gasteiger partial charge in [0.25, 0.3) is 0 Å². The first-order valence-corrected chi connectivity index (χ1v) is 7.08. The fourth-order valence-corrected chi connectivity index (χ4v) is 1.81. The van der Waals surface area contributed by atoms with Gasteiger partial charge in [0, 0.05) is 13.0 Å². The van der Waals surface area contributed by atoms with Gasteiger partial charge in [0.1, 0.15) is 17.4 Å². The molecule has 0 unspecified atom stereocenters. The van der Waals surface area contributed by atoms with E-state index in [0.717, 1.165) is 42.3 Å². The molecule has 20 heavy (non-hydrogen) atoms. The molecule has 0 radical (unpaired) electrons. The quantitative estimate of drug-likeness (QED) is 0.863. The summed E-state index contributed by atoms with van der Waals surface area (Å²) in [5, 5.41) is 3.33. The van der Waals surface area contributed by atoms with Gasteiger partial charge in [-0.25, -0.2) is 4.98 Å². The summed E-state index contributed by atoms with van der Waals surface area (Å²) in [7, 11) is 0. The average Bonchev–Trinajstić information content (AvgIpc) is 2.49. The van der Waals surface area contributed by atoms with Crippen LogP contribution in [-0.2, 0) is 6.42 Å². The topological polar surface area (TPSA) is 47.0 Å². The van der Waals surface area contributed by atoms with Crippen LogP contribution >= 0.6 is 0 Å². The summed E-state index contributed by atoms with van der Waals surface area (Å²) in [5.41, 5.74) is 0.944. The highest BCUT2D eigenvalue weighted by molar-refractivity contribution is 5.49. The van der Waals surface area contributed by atoms with Crippen LogP contribution in [0.15, 0.2) is 30.3 Å². The van der Waals surface area contributed by atoms with E-state index in [1.165, 1.54) is 0 Å². The fraction of sp³-hybridized carbons (Fsp3) is 0.375. The smallest absolute Gasteiger partial charge is 0.227 e. The van der Waals surface area contributed by atoms with Gasteiger partial charge in [-0.05, 0) is 25.5 Å². The number of ether oxygens (including phenoxy) is 1. The van der Waals surface area contributed by atoms with Crippen molar-refractivity contribution < 1.29 is 4.74 Å². The van der Waals surface area contributed by atoms with Crippen molar-refractivity contribution in [3.8, 4) is 11.6 Å². The number of benzene rings is 1. The van der Waals surface area contributed by atoms with E-state index in [1.807, 2.05) is 44.2 Å². The van der Waals surface area contributed by atoms with Gasteiger partial charge in [-0.2, -0.15) is 4.98 Å². The van der Waals surface area contributed by atoms with Crippen molar-refractivity contribution in [1.29, 1.82) is 0 Å². The van der Waals surface area contributed by atoms with Crippen molar-refractivity contribution in [2.75, 3.05) is 11.9 Å². The summed E-state index contributed by atoms with van der Waals surface area (Å²) >= 11 is 0. The van der Waals surface area contributed by atoms with Gasteiger partial charge in [0.05, 0.1) is 5.56 Å². The van der Waals surface area contributed by atoms with Gasteiger partial charge in [-0.15, -0.1) is 0 Å². The van der Waals surface area contributed by atoms with Crippen LogP contribution in [0.5, 0.6) is 11.6 Å². The number of rotatable bonds is 6. The monoisotopic (exact) mass is 271 g/mol. The molecule has 2 aromatic rings. The van der Waals surface area contributed by atoms with E-state index in [2.05, 4.69) is 22.2 Å². The molecule has 0 saturated carbocycles. The van der Waals surface area contributed by atoms with E-state index in [4.69, 9.17) is 4.74 Å². The largest absolute Gasteiger partial charge is 0.439 e. The highest BCUT2D eigenvalue weighted by Crippen LogP contribution is 2.27. The van der Waals surface area contributed by atoms with Crippen LogP contribution in [-0.4, -0.2) is 16.5 Å². The molecule has 0 bridgehead atoms. The zero-order valence-corrected chi connectivity index (χ0v) is 12.3. The Morgan fingerprint density at radius 2 is 1.85 bits per heavy atom. The SMILES string of the molecule is CCCNc1nc(CC)nc(Oc2ccccc2)c1C. The van der Waals surface area contributed by atoms with E-state index in [9.17, 15) is 0 Å². The molecule has 0 saturated heterocycles. The van der Waals surface area contributed by atoms with Crippen LogP contribution in [0.3, 0.4) is 0 Å². The third-order valence-electron chi connectivity index (χ3n) is 2.96. The van der Waals surface area contributed by atoms with Gasteiger partial charge in [-0.3, -0.25) is 0 Å². The second-order valence-electron chi connectivity index (χ2n) is 4.61. The van der Waals surface area contributed by atoms with Gasteiger partial charge in [0.15, 0.2) is 0 Å². The third kappa shape index (κ3) is 3.47. The number of nitrogens with one attached hydrogen (secondary N) is 1. The Morgan fingerprint density at radius 1 is 1.10 bits per heavy atom. The maximum absolute atomic E-state index is 5.88. The minimum Gasteiger partial charge on any atom is -0.439 e. The molecule has 106 valence electrons. The van der Waals surface area contributed by atoms with Crippen LogP contribution in [0.2, 0.25) is 0 Å². The minimum absolute atomic E-state index is 0.627. The van der Waals surface area contributed by atoms with Gasteiger partial charge in [-0.1, -0.05) is 32.0 Å². The summed E-state index contributed by atoms with van der Waals surface area (Å²) in [6.07, 6.45) is 1.84. The molecule has 4 heteroatoms. The maximum Gasteiger partial charge on any atom is 0.227 e. The lowest BCUT2D eigenvalue weighted by Gasteiger charge is -2.13. The zero-order valence-electron chi connectivity index (χ0n) is 12.3. The van der Waals surface area contributed by atoms with Crippen molar-refractivity contribution in [2.24, 2.45) is 0 Å². The van der Waals surface area contributed by atoms with E-state index in [-0.39, 0.29) is 0 Å². The molecule has 0 aliphatic heterocycles. The normalized spacial score (nSPS) is 10.3. The average molecular weight is 271 g/mol. The molecule has 2 rings (SSSR count). The molecular formula is C16H21N3O. The molecule has 0 aliphatic carbocycles. The van der Waals surface area contributed by atoms with Crippen LogP contribution in [0.1, 0.15) is 31.7 Å². The van der Waals surface area contributed by atoms with Crippen LogP contribution in [0, 0.1) is 6.92 Å². The van der Waals surface area contributed by atoms with Gasteiger partial charge >= 0.3 is 0 Å². The van der Waals surface area contributed by atoms with Crippen LogP contribution in [0.25, 0.3) is 0 Å². The zero-order chi connectivity index (χ0) is 14.4. The molecule has 1 heterocycles. The lowest BCUT2D eigenvalue weighted by molar-refractivity contribution is 0.455. The first-order chi connectivity index (χ1) is 9.74. The Hall–Kier alpha value is -2.10. The Balaban J connectivity index is 2.31. The number of aromatic nitrogens is 2. The lowest BCUT2D eigenvalue weighted by Crippen LogP contribution is -2.08. The van der Waals surface area contributed by atoms with Crippen LogP contribution < -0.4 is 10.1 Å². The lowest BCUT2D eigenvalue weighted by atomic mass is 10.3. The molecule has 4 nitrogen and oxygen atoms in total. The van der Waals surface area contributed by atoms with Crippen molar-refractivity contribution in [3.05, 3.63) is 41.7 Å². The first kappa shape index (κ1) is 14.3. The summed E-state index contributed by atoms with van der Waals surface area (Å²) in [6, 6.07) is 9.70. The van der Waals surface area contributed by atoms with E-state index < -0.39 is 0 Å². The Morgan fingerprint density at radius 3 is 2.50 bits per heavy atom. The highest BCUT2D eigenvalue weighted by atomic mass is 16.5. The molecule has 0 fully saturated rings. The number of hydrogen-bond acceptors (Lipinski definition) is 4. The second kappa shape index (κ2) is 6.89. The molecule has 0 aliphatic rings. The van der Waals surface area contributed by atoms with E-state index in [1.54, 1.807) is 0 Å². The second-order valence-corrected chi connectivity index (χ2v) is 4.61. The standard InChI is InChI=1S/C16H21N3O/c1-4-11-17-15-12(3)16(19-14(5-2)18-15)20-13-9-7-6-8-10-13/h6-10H,4-5,11H2,1-3H3,(H,17,18,19). The number of nitrogens with zero attached hydrogens (tertiary/aromatic N) is 2. The first-order valence-electron chi connectivity index (χ1n) is 7.08. The van der Waals surface area contributed by atoms with Crippen molar-refractivity contribution >= 4 is 5.82 Å². The number of hydrogen-bond donors (Lipinski definition) is 1. The maximum atomic E-state index is 5.88. The molecule has 1 N–H and O–H groups in total. The van der Waals surface area contributed by atoms with Crippen molar-refractivity contribution in [1.82, 2.24) is 9.97 Å². The van der Waals surface area contributed by atoms with Gasteiger partial charge in [0.2, 0.25) is 5.88 Å². The molecule has 1 aromatic carbocycles. The summed E-state index contributed by atoms with van der Waals surface area (Å²) < 4.78 is 5.88. The number of para-hydroxylation sites is 1. The third-order valence-corrected chi connectivity index (χ3v) is 2.96. The number of anilines is 1. The Bertz CT molecular complexity index is 555. The van der Waals surface area contributed by atoms with E-state index in [0.29, 0.717) is 5.88 Å². The summed E-state index contributed by atoms with van der Waals surface area (Å²) in [6.45, 7) is 7.05. The van der Waals surface area contributed by atoms with Crippen molar-refractivity contribution in [2.45, 2.75) is 33.6 Å². The predicted octanol–water partition coefficient (Wildman–Crippen LogP) is 3.96. The molecule has 0 amide bonds. The highest BCUT2D eigenvalue weighted by Gasteiger charge is 2.11. The molecule has 1 aromatic heterocycles. The number of aryl methyl sites for hydroxylation is 1. The molecule has 0 atom stereocenters. The fourth-order valence-electron chi connectivity index (χ4n) is 1.81. The molecular weight excluding hydrogens is 250 g/mol. The van der Waals surface area contributed by atoms with Gasteiger partial charge < -0.3 is 10.1 Å².